The van der Waals surface area contributed by atoms with Gasteiger partial charge in [0.2, 0.25) is 0 Å². The van der Waals surface area contributed by atoms with Crippen molar-refractivity contribution < 1.29 is 18.7 Å². The van der Waals surface area contributed by atoms with Gasteiger partial charge in [-0.3, -0.25) is 0 Å². The number of carbonyl (C=O) groups is 1. The Bertz CT molecular complexity index is 1800. The van der Waals surface area contributed by atoms with E-state index in [-0.39, 0.29) is 29.7 Å². The minimum Gasteiger partial charge on any atom is -0.482 e. The molecule has 1 aromatic heterocycles. The summed E-state index contributed by atoms with van der Waals surface area (Å²) in [4.78, 5) is 26.0. The molecule has 4 aliphatic carbocycles. The molecule has 5 heteroatoms. The van der Waals surface area contributed by atoms with Gasteiger partial charge in [-0.1, -0.05) is 95.9 Å². The van der Waals surface area contributed by atoms with E-state index in [2.05, 4.69) is 40.7 Å². The Balaban J connectivity index is 0.945. The smallest absolute Gasteiger partial charge is 0.344 e. The number of esters is 1. The van der Waals surface area contributed by atoms with E-state index < -0.39 is 0 Å². The zero-order valence-electron chi connectivity index (χ0n) is 32.0. The first-order valence-corrected chi connectivity index (χ1v) is 20.1. The molecule has 0 amide bonds. The van der Waals surface area contributed by atoms with Crippen LogP contribution in [0.1, 0.15) is 122 Å². The van der Waals surface area contributed by atoms with E-state index in [1.54, 1.807) is 6.07 Å². The number of carbonyl (C=O) groups excluding carboxylic acids is 1. The highest BCUT2D eigenvalue weighted by atomic mass is 16.6. The van der Waals surface area contributed by atoms with Crippen molar-refractivity contribution in [3.05, 3.63) is 87.3 Å². The second kappa shape index (κ2) is 14.6. The maximum absolute atomic E-state index is 13.0. The molecule has 7 rings (SSSR count). The van der Waals surface area contributed by atoms with Crippen molar-refractivity contribution >= 4 is 16.9 Å². The lowest BCUT2D eigenvalue weighted by atomic mass is 9.47. The number of fused-ring (bicyclic) bond motifs is 6. The van der Waals surface area contributed by atoms with Crippen molar-refractivity contribution in [3.8, 4) is 5.75 Å². The van der Waals surface area contributed by atoms with Crippen LogP contribution in [-0.2, 0) is 16.0 Å². The summed E-state index contributed by atoms with van der Waals surface area (Å²) >= 11 is 0. The van der Waals surface area contributed by atoms with Crippen LogP contribution in [0.3, 0.4) is 0 Å². The minimum absolute atomic E-state index is 0.103. The number of allylic oxidation sites excluding steroid dienone is 1. The highest BCUT2D eigenvalue weighted by Gasteiger charge is 2.59. The largest absolute Gasteiger partial charge is 0.482 e. The minimum atomic E-state index is -0.346. The first kappa shape index (κ1) is 36.0. The fourth-order valence-electron chi connectivity index (χ4n) is 11.6. The SMILES string of the molecule is Cc1c(Cc2ccccc2)c(=O)oc2cc(OCC(=O)O[C@@H]3CC[C@]4(C)C(=CC[C@@H]5[C@H]4CC[C@@]4(C)[C@@H]([C@H](C)CCCC(C)C)CC[C@@H]54)C3)ccc12. The van der Waals surface area contributed by atoms with E-state index in [1.165, 1.54) is 56.9 Å². The molecule has 3 aromatic rings. The van der Waals surface area contributed by atoms with E-state index in [0.717, 1.165) is 71.3 Å². The molecule has 3 fully saturated rings. The van der Waals surface area contributed by atoms with Gasteiger partial charge in [-0.2, -0.15) is 0 Å². The number of benzene rings is 2. The fraction of sp³-hybridized carbons (Fsp3) is 0.609. The molecule has 0 radical (unpaired) electrons. The topological polar surface area (TPSA) is 65.7 Å². The molecule has 0 saturated heterocycles. The molecule has 3 saturated carbocycles. The summed E-state index contributed by atoms with van der Waals surface area (Å²) in [6.07, 6.45) is 16.7. The average molecular weight is 693 g/mol. The zero-order chi connectivity index (χ0) is 35.9. The lowest BCUT2D eigenvalue weighted by molar-refractivity contribution is -0.153. The van der Waals surface area contributed by atoms with Gasteiger partial charge in [-0.25, -0.2) is 9.59 Å². The van der Waals surface area contributed by atoms with Crippen LogP contribution in [0.5, 0.6) is 5.75 Å². The summed E-state index contributed by atoms with van der Waals surface area (Å²) in [5.41, 5.74) is 4.98. The third kappa shape index (κ3) is 7.08. The zero-order valence-corrected chi connectivity index (χ0v) is 32.0. The van der Waals surface area contributed by atoms with Gasteiger partial charge in [0.25, 0.3) is 0 Å². The van der Waals surface area contributed by atoms with Crippen LogP contribution in [0, 0.1) is 53.3 Å². The molecule has 0 N–H and O–H groups in total. The third-order valence-corrected chi connectivity index (χ3v) is 14.4. The van der Waals surface area contributed by atoms with Crippen LogP contribution in [0.2, 0.25) is 0 Å². The van der Waals surface area contributed by atoms with Gasteiger partial charge >= 0.3 is 11.6 Å². The van der Waals surface area contributed by atoms with Crippen molar-refractivity contribution in [2.45, 2.75) is 125 Å². The van der Waals surface area contributed by atoms with E-state index in [9.17, 15) is 9.59 Å². The maximum atomic E-state index is 13.0. The Morgan fingerprint density at radius 2 is 1.76 bits per heavy atom. The van der Waals surface area contributed by atoms with Crippen LogP contribution in [0.15, 0.2) is 69.4 Å². The van der Waals surface area contributed by atoms with Crippen LogP contribution in [0.25, 0.3) is 11.0 Å². The summed E-state index contributed by atoms with van der Waals surface area (Å²) in [5, 5.41) is 0.866. The van der Waals surface area contributed by atoms with Gasteiger partial charge in [0, 0.05) is 29.9 Å². The molecule has 274 valence electrons. The molecule has 1 heterocycles. The second-order valence-electron chi connectivity index (χ2n) is 17.7. The number of rotatable bonds is 11. The highest BCUT2D eigenvalue weighted by Crippen LogP contribution is 2.67. The van der Waals surface area contributed by atoms with Gasteiger partial charge in [0.1, 0.15) is 17.4 Å². The Morgan fingerprint density at radius 1 is 0.961 bits per heavy atom. The standard InChI is InChI=1S/C46H60O5/c1-29(2)11-10-12-30(3)39-19-20-40-37-17-15-33-26-35(21-23-45(33,5)41(37)22-24-46(39,40)6)50-43(47)28-49-34-16-18-36-31(4)38(44(48)51-42(36)27-34)25-32-13-8-7-9-14-32/h7-9,13-16,18,27,29-30,35,37,39-41H,10-12,17,19-26,28H2,1-6H3/t30-,35-,37+,39-,40+,41-,45-,46+/m1/s1. The van der Waals surface area contributed by atoms with Crippen molar-refractivity contribution in [3.63, 3.8) is 0 Å². The molecular formula is C46H60O5. The third-order valence-electron chi connectivity index (χ3n) is 14.4. The van der Waals surface area contributed by atoms with Crippen LogP contribution >= 0.6 is 0 Å². The normalized spacial score (nSPS) is 30.6. The molecule has 2 aromatic carbocycles. The average Bonchev–Trinajstić information content (AvgIpc) is 3.47. The molecule has 8 atom stereocenters. The van der Waals surface area contributed by atoms with Gasteiger partial charge < -0.3 is 13.9 Å². The summed E-state index contributed by atoms with van der Waals surface area (Å²) in [6.45, 7) is 14.3. The number of hydrogen-bond acceptors (Lipinski definition) is 5. The van der Waals surface area contributed by atoms with Crippen LogP contribution in [-0.4, -0.2) is 18.7 Å². The molecule has 0 bridgehead atoms. The molecule has 0 unspecified atom stereocenters. The van der Waals surface area contributed by atoms with Gasteiger partial charge in [0.15, 0.2) is 6.61 Å². The lowest BCUT2D eigenvalue weighted by Crippen LogP contribution is -2.51. The molecule has 5 nitrogen and oxygen atoms in total. The second-order valence-corrected chi connectivity index (χ2v) is 17.7. The monoisotopic (exact) mass is 692 g/mol. The molecule has 4 aliphatic rings. The summed E-state index contributed by atoms with van der Waals surface area (Å²) in [7, 11) is 0. The lowest BCUT2D eigenvalue weighted by Gasteiger charge is -2.58. The number of aryl methyl sites for hydroxylation is 1. The Hall–Kier alpha value is -3.34. The molecule has 0 aliphatic heterocycles. The Labute approximate surface area is 305 Å². The predicted octanol–water partition coefficient (Wildman–Crippen LogP) is 11.0. The van der Waals surface area contributed by atoms with E-state index in [1.807, 2.05) is 49.4 Å². The fourth-order valence-corrected chi connectivity index (χ4v) is 11.6. The number of ether oxygens (including phenoxy) is 2. The highest BCUT2D eigenvalue weighted by molar-refractivity contribution is 5.82. The Morgan fingerprint density at radius 3 is 2.55 bits per heavy atom. The van der Waals surface area contributed by atoms with E-state index in [0.29, 0.717) is 28.7 Å². The van der Waals surface area contributed by atoms with Crippen molar-refractivity contribution in [2.75, 3.05) is 6.61 Å². The van der Waals surface area contributed by atoms with Crippen molar-refractivity contribution in [1.29, 1.82) is 0 Å². The van der Waals surface area contributed by atoms with Crippen LogP contribution < -0.4 is 10.4 Å². The van der Waals surface area contributed by atoms with Crippen molar-refractivity contribution in [1.82, 2.24) is 0 Å². The molecular weight excluding hydrogens is 633 g/mol. The number of hydrogen-bond donors (Lipinski definition) is 0. The quantitative estimate of drug-likeness (QED) is 0.114. The van der Waals surface area contributed by atoms with Crippen LogP contribution in [0.4, 0.5) is 0 Å². The van der Waals surface area contributed by atoms with Gasteiger partial charge in [0.05, 0.1) is 0 Å². The van der Waals surface area contributed by atoms with E-state index in [4.69, 9.17) is 13.9 Å². The van der Waals surface area contributed by atoms with E-state index >= 15 is 0 Å². The first-order valence-electron chi connectivity index (χ1n) is 20.1. The summed E-state index contributed by atoms with van der Waals surface area (Å²) in [6, 6.07) is 15.4. The summed E-state index contributed by atoms with van der Waals surface area (Å²) < 4.78 is 17.6. The summed E-state index contributed by atoms with van der Waals surface area (Å²) in [5.74, 6) is 5.04. The predicted molar refractivity (Wildman–Crippen MR) is 205 cm³/mol. The Kier molecular flexibility index (Phi) is 10.3. The molecule has 0 spiro atoms. The maximum Gasteiger partial charge on any atom is 0.344 e. The van der Waals surface area contributed by atoms with Crippen molar-refractivity contribution in [2.24, 2.45) is 46.3 Å². The molecule has 51 heavy (non-hydrogen) atoms. The van der Waals surface area contributed by atoms with Gasteiger partial charge in [-0.05, 0) is 121 Å². The first-order chi connectivity index (χ1) is 24.5. The van der Waals surface area contributed by atoms with Gasteiger partial charge in [-0.15, -0.1) is 0 Å².